The molecule has 116 valence electrons. The standard InChI is InChI=1S/C20H26N2/c1-3-8-17(9-4-1)20(18-10-5-2-6-11-18)13-12-19-16-21-14-7-15-22-19/h1-6,8-11,19-22H,7,12-16H2. The molecule has 2 heteroatoms. The second kappa shape index (κ2) is 8.11. The minimum absolute atomic E-state index is 0.493. The summed E-state index contributed by atoms with van der Waals surface area (Å²) in [6, 6.07) is 22.4. The highest BCUT2D eigenvalue weighted by atomic mass is 15.0. The van der Waals surface area contributed by atoms with Crippen LogP contribution in [0.2, 0.25) is 0 Å². The highest BCUT2D eigenvalue weighted by Gasteiger charge is 2.17. The molecule has 0 aromatic heterocycles. The number of rotatable bonds is 5. The fourth-order valence-electron chi connectivity index (χ4n) is 3.34. The smallest absolute Gasteiger partial charge is 0.0192 e. The van der Waals surface area contributed by atoms with Gasteiger partial charge < -0.3 is 10.6 Å². The van der Waals surface area contributed by atoms with E-state index in [0.29, 0.717) is 12.0 Å². The summed E-state index contributed by atoms with van der Waals surface area (Å²) < 4.78 is 0. The maximum Gasteiger partial charge on any atom is 0.0192 e. The first kappa shape index (κ1) is 15.3. The molecule has 1 fully saturated rings. The molecule has 1 aliphatic rings. The second-order valence-corrected chi connectivity index (χ2v) is 6.16. The molecule has 1 aliphatic heterocycles. The summed E-state index contributed by atoms with van der Waals surface area (Å²) >= 11 is 0. The SMILES string of the molecule is c1ccc(C(CCC2CNCCCN2)c2ccccc2)cc1. The molecule has 2 nitrogen and oxygen atoms in total. The fraction of sp³-hybridized carbons (Fsp3) is 0.400. The van der Waals surface area contributed by atoms with Gasteiger partial charge in [-0.1, -0.05) is 60.7 Å². The summed E-state index contributed by atoms with van der Waals surface area (Å²) in [5.74, 6) is 0.493. The molecule has 3 rings (SSSR count). The minimum Gasteiger partial charge on any atom is -0.315 e. The predicted molar refractivity (Wildman–Crippen MR) is 93.2 cm³/mol. The molecular formula is C20H26N2. The van der Waals surface area contributed by atoms with Gasteiger partial charge in [-0.3, -0.25) is 0 Å². The van der Waals surface area contributed by atoms with E-state index in [9.17, 15) is 0 Å². The van der Waals surface area contributed by atoms with E-state index in [-0.39, 0.29) is 0 Å². The van der Waals surface area contributed by atoms with Crippen molar-refractivity contribution in [1.82, 2.24) is 10.6 Å². The van der Waals surface area contributed by atoms with Gasteiger partial charge in [0.05, 0.1) is 0 Å². The van der Waals surface area contributed by atoms with Crippen LogP contribution in [-0.4, -0.2) is 25.7 Å². The average Bonchev–Trinajstić information content (AvgIpc) is 2.86. The molecule has 1 atom stereocenters. The Labute approximate surface area is 134 Å². The van der Waals surface area contributed by atoms with Gasteiger partial charge in [0.15, 0.2) is 0 Å². The Balaban J connectivity index is 1.71. The zero-order chi connectivity index (χ0) is 15.0. The van der Waals surface area contributed by atoms with Crippen molar-refractivity contribution >= 4 is 0 Å². The summed E-state index contributed by atoms with van der Waals surface area (Å²) in [5.41, 5.74) is 2.85. The number of hydrogen-bond acceptors (Lipinski definition) is 2. The Morgan fingerprint density at radius 1 is 0.864 bits per heavy atom. The Morgan fingerprint density at radius 2 is 1.50 bits per heavy atom. The minimum atomic E-state index is 0.493. The van der Waals surface area contributed by atoms with E-state index in [0.717, 1.165) is 19.6 Å². The van der Waals surface area contributed by atoms with Crippen LogP contribution in [0.25, 0.3) is 0 Å². The highest BCUT2D eigenvalue weighted by molar-refractivity contribution is 5.32. The largest absolute Gasteiger partial charge is 0.315 e. The third-order valence-electron chi connectivity index (χ3n) is 4.56. The molecule has 1 saturated heterocycles. The quantitative estimate of drug-likeness (QED) is 0.881. The zero-order valence-electron chi connectivity index (χ0n) is 13.2. The lowest BCUT2D eigenvalue weighted by molar-refractivity contribution is 0.467. The van der Waals surface area contributed by atoms with Crippen LogP contribution in [0.15, 0.2) is 60.7 Å². The van der Waals surface area contributed by atoms with E-state index in [2.05, 4.69) is 71.3 Å². The van der Waals surface area contributed by atoms with Crippen molar-refractivity contribution in [3.05, 3.63) is 71.8 Å². The van der Waals surface area contributed by atoms with E-state index in [1.165, 1.54) is 30.4 Å². The first-order valence-corrected chi connectivity index (χ1v) is 8.47. The van der Waals surface area contributed by atoms with E-state index in [4.69, 9.17) is 0 Å². The molecule has 0 saturated carbocycles. The second-order valence-electron chi connectivity index (χ2n) is 6.16. The van der Waals surface area contributed by atoms with Gasteiger partial charge in [0.2, 0.25) is 0 Å². The number of nitrogens with one attached hydrogen (secondary N) is 2. The normalized spacial score (nSPS) is 19.0. The molecule has 2 aromatic carbocycles. The monoisotopic (exact) mass is 294 g/mol. The van der Waals surface area contributed by atoms with Gasteiger partial charge in [-0.15, -0.1) is 0 Å². The lowest BCUT2D eigenvalue weighted by atomic mass is 9.86. The van der Waals surface area contributed by atoms with Crippen molar-refractivity contribution in [2.45, 2.75) is 31.2 Å². The van der Waals surface area contributed by atoms with Gasteiger partial charge in [-0.05, 0) is 43.5 Å². The molecular weight excluding hydrogens is 268 g/mol. The van der Waals surface area contributed by atoms with Crippen LogP contribution >= 0.6 is 0 Å². The molecule has 0 amide bonds. The first-order chi connectivity index (χ1) is 10.9. The van der Waals surface area contributed by atoms with Crippen molar-refractivity contribution < 1.29 is 0 Å². The number of benzene rings is 2. The zero-order valence-corrected chi connectivity index (χ0v) is 13.2. The molecule has 0 radical (unpaired) electrons. The lowest BCUT2D eigenvalue weighted by Gasteiger charge is -2.22. The molecule has 2 aromatic rings. The van der Waals surface area contributed by atoms with Crippen LogP contribution < -0.4 is 10.6 Å². The third-order valence-corrected chi connectivity index (χ3v) is 4.56. The van der Waals surface area contributed by atoms with Crippen LogP contribution in [-0.2, 0) is 0 Å². The van der Waals surface area contributed by atoms with Crippen molar-refractivity contribution in [3.63, 3.8) is 0 Å². The summed E-state index contributed by atoms with van der Waals surface area (Å²) in [7, 11) is 0. The summed E-state index contributed by atoms with van der Waals surface area (Å²) in [6.45, 7) is 3.37. The van der Waals surface area contributed by atoms with E-state index in [1.807, 2.05) is 0 Å². The topological polar surface area (TPSA) is 24.1 Å². The molecule has 2 N–H and O–H groups in total. The maximum atomic E-state index is 3.68. The highest BCUT2D eigenvalue weighted by Crippen LogP contribution is 2.29. The number of hydrogen-bond donors (Lipinski definition) is 2. The first-order valence-electron chi connectivity index (χ1n) is 8.47. The Kier molecular flexibility index (Phi) is 5.63. The van der Waals surface area contributed by atoms with Gasteiger partial charge in [0.1, 0.15) is 0 Å². The van der Waals surface area contributed by atoms with Crippen LogP contribution in [0.5, 0.6) is 0 Å². The van der Waals surface area contributed by atoms with Crippen LogP contribution in [0, 0.1) is 0 Å². The molecule has 0 aliphatic carbocycles. The Bertz CT molecular complexity index is 491. The Hall–Kier alpha value is -1.64. The van der Waals surface area contributed by atoms with E-state index in [1.54, 1.807) is 0 Å². The maximum absolute atomic E-state index is 3.68. The van der Waals surface area contributed by atoms with Gasteiger partial charge >= 0.3 is 0 Å². The Morgan fingerprint density at radius 3 is 2.14 bits per heavy atom. The van der Waals surface area contributed by atoms with E-state index < -0.39 is 0 Å². The van der Waals surface area contributed by atoms with Gasteiger partial charge in [0.25, 0.3) is 0 Å². The van der Waals surface area contributed by atoms with Crippen LogP contribution in [0.3, 0.4) is 0 Å². The molecule has 0 bridgehead atoms. The van der Waals surface area contributed by atoms with Crippen molar-refractivity contribution in [2.75, 3.05) is 19.6 Å². The predicted octanol–water partition coefficient (Wildman–Crippen LogP) is 3.55. The fourth-order valence-corrected chi connectivity index (χ4v) is 3.34. The van der Waals surface area contributed by atoms with Crippen molar-refractivity contribution in [2.24, 2.45) is 0 Å². The molecule has 0 spiro atoms. The lowest BCUT2D eigenvalue weighted by Crippen LogP contribution is -2.35. The molecule has 1 heterocycles. The summed E-state index contributed by atoms with van der Waals surface area (Å²) in [6.07, 6.45) is 3.63. The van der Waals surface area contributed by atoms with Crippen LogP contribution in [0.1, 0.15) is 36.3 Å². The van der Waals surface area contributed by atoms with Crippen LogP contribution in [0.4, 0.5) is 0 Å². The van der Waals surface area contributed by atoms with Gasteiger partial charge in [0, 0.05) is 18.5 Å². The van der Waals surface area contributed by atoms with Crippen molar-refractivity contribution in [1.29, 1.82) is 0 Å². The average molecular weight is 294 g/mol. The molecule has 1 unspecified atom stereocenters. The van der Waals surface area contributed by atoms with Gasteiger partial charge in [-0.2, -0.15) is 0 Å². The summed E-state index contributed by atoms with van der Waals surface area (Å²) in [4.78, 5) is 0. The van der Waals surface area contributed by atoms with Crippen molar-refractivity contribution in [3.8, 4) is 0 Å². The van der Waals surface area contributed by atoms with Gasteiger partial charge in [-0.25, -0.2) is 0 Å². The summed E-state index contributed by atoms with van der Waals surface area (Å²) in [5, 5.41) is 7.22. The third kappa shape index (κ3) is 4.19. The van der Waals surface area contributed by atoms with E-state index >= 15 is 0 Å². The molecule has 22 heavy (non-hydrogen) atoms.